The molecule has 14 heavy (non-hydrogen) atoms. The summed E-state index contributed by atoms with van der Waals surface area (Å²) in [5.74, 6) is -1.47. The molecule has 0 saturated heterocycles. The van der Waals surface area contributed by atoms with E-state index in [1.54, 1.807) is 0 Å². The quantitative estimate of drug-likeness (QED) is 0.371. The minimum Gasteiger partial charge on any atom is -0.392 e. The lowest BCUT2D eigenvalue weighted by Crippen LogP contribution is -2.35. The monoisotopic (exact) mass is 204 g/mol. The Balaban J connectivity index is 3.78. The highest BCUT2D eigenvalue weighted by molar-refractivity contribution is 5.87. The fourth-order valence-corrected chi connectivity index (χ4v) is 0.825. The van der Waals surface area contributed by atoms with Gasteiger partial charge in [0.1, 0.15) is 6.04 Å². The molecule has 0 saturated carbocycles. The summed E-state index contributed by atoms with van der Waals surface area (Å²) in [5.41, 5.74) is 10.5. The van der Waals surface area contributed by atoms with E-state index in [0.29, 0.717) is 6.42 Å². The predicted molar refractivity (Wildman–Crippen MR) is 49.0 cm³/mol. The van der Waals surface area contributed by atoms with Crippen LogP contribution in [0.2, 0.25) is 0 Å². The highest BCUT2D eigenvalue weighted by Gasteiger charge is 2.17. The van der Waals surface area contributed by atoms with Crippen molar-refractivity contribution in [3.63, 3.8) is 0 Å². The molecule has 0 aromatic carbocycles. The molecule has 82 valence electrons. The Labute approximate surface area is 82.2 Å². The zero-order chi connectivity index (χ0) is 11.1. The number of carbonyl (C=O) groups excluding carboxylic acids is 2. The van der Waals surface area contributed by atoms with Crippen LogP contribution in [0.4, 0.5) is 0 Å². The van der Waals surface area contributed by atoms with E-state index < -0.39 is 24.1 Å². The van der Waals surface area contributed by atoms with Crippen molar-refractivity contribution in [1.29, 1.82) is 0 Å². The van der Waals surface area contributed by atoms with Gasteiger partial charge in [0.2, 0.25) is 0 Å². The van der Waals surface area contributed by atoms with Gasteiger partial charge in [-0.15, -0.1) is 0 Å². The van der Waals surface area contributed by atoms with Crippen molar-refractivity contribution >= 4 is 11.9 Å². The lowest BCUT2D eigenvalue weighted by atomic mass is 10.1. The summed E-state index contributed by atoms with van der Waals surface area (Å²) in [6.45, 7) is 1.24. The SMILES string of the molecule is CC(=O)OC(=O)[C@@H](N)CCC(O)CN. The summed E-state index contributed by atoms with van der Waals surface area (Å²) in [7, 11) is 0. The molecule has 0 aliphatic heterocycles. The van der Waals surface area contributed by atoms with Gasteiger partial charge < -0.3 is 21.3 Å². The summed E-state index contributed by atoms with van der Waals surface area (Å²) in [4.78, 5) is 21.4. The van der Waals surface area contributed by atoms with Crippen LogP contribution in [0.5, 0.6) is 0 Å². The first-order valence-electron chi connectivity index (χ1n) is 4.33. The molecule has 0 bridgehead atoms. The first-order chi connectivity index (χ1) is 6.47. The number of nitrogens with two attached hydrogens (primary N) is 2. The van der Waals surface area contributed by atoms with Gasteiger partial charge in [0, 0.05) is 13.5 Å². The van der Waals surface area contributed by atoms with Crippen LogP contribution in [-0.2, 0) is 14.3 Å². The van der Waals surface area contributed by atoms with Crippen molar-refractivity contribution in [2.45, 2.75) is 31.9 Å². The Bertz CT molecular complexity index is 208. The van der Waals surface area contributed by atoms with Crippen molar-refractivity contribution in [2.75, 3.05) is 6.54 Å². The number of esters is 2. The molecule has 0 amide bonds. The van der Waals surface area contributed by atoms with Crippen LogP contribution in [0.3, 0.4) is 0 Å². The molecular weight excluding hydrogens is 188 g/mol. The van der Waals surface area contributed by atoms with Gasteiger partial charge >= 0.3 is 11.9 Å². The van der Waals surface area contributed by atoms with Crippen LogP contribution in [0.25, 0.3) is 0 Å². The largest absolute Gasteiger partial charge is 0.392 e. The second kappa shape index (κ2) is 6.47. The first kappa shape index (κ1) is 13.0. The topological polar surface area (TPSA) is 116 Å². The number of aliphatic hydroxyl groups is 1. The second-order valence-corrected chi connectivity index (χ2v) is 2.99. The average Bonchev–Trinajstić information content (AvgIpc) is 2.12. The molecule has 0 rings (SSSR count). The third kappa shape index (κ3) is 5.63. The van der Waals surface area contributed by atoms with E-state index in [-0.39, 0.29) is 13.0 Å². The Morgan fingerprint density at radius 3 is 2.43 bits per heavy atom. The third-order valence-corrected chi connectivity index (χ3v) is 1.63. The number of aliphatic hydroxyl groups excluding tert-OH is 1. The standard InChI is InChI=1S/C8H16N2O4/c1-5(11)14-8(13)7(10)3-2-6(12)4-9/h6-7,12H,2-4,9-10H2,1H3/t6?,7-/m0/s1. The Morgan fingerprint density at radius 2 is 2.00 bits per heavy atom. The normalized spacial score (nSPS) is 14.6. The minimum absolute atomic E-state index is 0.120. The van der Waals surface area contributed by atoms with Crippen molar-refractivity contribution in [1.82, 2.24) is 0 Å². The summed E-state index contributed by atoms with van der Waals surface area (Å²) >= 11 is 0. The van der Waals surface area contributed by atoms with Gasteiger partial charge in [-0.25, -0.2) is 4.79 Å². The Morgan fingerprint density at radius 1 is 1.43 bits per heavy atom. The van der Waals surface area contributed by atoms with Gasteiger partial charge in [0.15, 0.2) is 0 Å². The van der Waals surface area contributed by atoms with Gasteiger partial charge in [-0.1, -0.05) is 0 Å². The maximum Gasteiger partial charge on any atom is 0.330 e. The van der Waals surface area contributed by atoms with Gasteiger partial charge in [-0.3, -0.25) is 4.79 Å². The molecule has 1 unspecified atom stereocenters. The van der Waals surface area contributed by atoms with Crippen molar-refractivity contribution in [3.8, 4) is 0 Å². The van der Waals surface area contributed by atoms with Crippen LogP contribution in [0.15, 0.2) is 0 Å². The lowest BCUT2D eigenvalue weighted by Gasteiger charge is -2.11. The van der Waals surface area contributed by atoms with E-state index in [1.807, 2.05) is 0 Å². The van der Waals surface area contributed by atoms with Gasteiger partial charge in [0.05, 0.1) is 6.10 Å². The van der Waals surface area contributed by atoms with Gasteiger partial charge in [0.25, 0.3) is 0 Å². The molecule has 0 aliphatic carbocycles. The van der Waals surface area contributed by atoms with Crippen molar-refractivity contribution in [2.24, 2.45) is 11.5 Å². The van der Waals surface area contributed by atoms with E-state index in [0.717, 1.165) is 6.92 Å². The van der Waals surface area contributed by atoms with Crippen LogP contribution in [-0.4, -0.2) is 35.7 Å². The molecule has 0 radical (unpaired) electrons. The predicted octanol–water partition coefficient (Wildman–Crippen LogP) is -1.50. The van der Waals surface area contributed by atoms with Crippen LogP contribution >= 0.6 is 0 Å². The number of carbonyl (C=O) groups is 2. The van der Waals surface area contributed by atoms with Crippen molar-refractivity contribution in [3.05, 3.63) is 0 Å². The molecule has 0 aromatic heterocycles. The van der Waals surface area contributed by atoms with Crippen LogP contribution < -0.4 is 11.5 Å². The highest BCUT2D eigenvalue weighted by atomic mass is 16.6. The Hall–Kier alpha value is -0.980. The molecule has 0 aromatic rings. The van der Waals surface area contributed by atoms with Crippen LogP contribution in [0.1, 0.15) is 19.8 Å². The number of ether oxygens (including phenoxy) is 1. The Kier molecular flexibility index (Phi) is 6.02. The van der Waals surface area contributed by atoms with E-state index >= 15 is 0 Å². The number of hydrogen-bond acceptors (Lipinski definition) is 6. The summed E-state index contributed by atoms with van der Waals surface area (Å²) < 4.78 is 4.26. The average molecular weight is 204 g/mol. The minimum atomic E-state index is -0.889. The van der Waals surface area contributed by atoms with E-state index in [4.69, 9.17) is 16.6 Å². The molecule has 0 heterocycles. The van der Waals surface area contributed by atoms with E-state index in [1.165, 1.54) is 0 Å². The van der Waals surface area contributed by atoms with E-state index in [2.05, 4.69) is 4.74 Å². The molecule has 0 fully saturated rings. The fourth-order valence-electron chi connectivity index (χ4n) is 0.825. The molecule has 0 spiro atoms. The number of rotatable bonds is 5. The lowest BCUT2D eigenvalue weighted by molar-refractivity contribution is -0.159. The summed E-state index contributed by atoms with van der Waals surface area (Å²) in [5, 5.41) is 9.07. The molecule has 6 heteroatoms. The molecule has 2 atom stereocenters. The maximum atomic E-state index is 11.0. The molecular formula is C8H16N2O4. The van der Waals surface area contributed by atoms with Crippen LogP contribution in [0, 0.1) is 0 Å². The van der Waals surface area contributed by atoms with Gasteiger partial charge in [-0.05, 0) is 12.8 Å². The smallest absolute Gasteiger partial charge is 0.330 e. The van der Waals surface area contributed by atoms with Gasteiger partial charge in [-0.2, -0.15) is 0 Å². The number of hydrogen-bond donors (Lipinski definition) is 3. The van der Waals surface area contributed by atoms with E-state index in [9.17, 15) is 9.59 Å². The molecule has 0 aliphatic rings. The molecule has 5 N–H and O–H groups in total. The summed E-state index contributed by atoms with van der Waals surface area (Å²) in [6, 6.07) is -0.889. The fraction of sp³-hybridized carbons (Fsp3) is 0.750. The molecule has 6 nitrogen and oxygen atoms in total. The second-order valence-electron chi connectivity index (χ2n) is 2.99. The van der Waals surface area contributed by atoms with Crippen molar-refractivity contribution < 1.29 is 19.4 Å². The third-order valence-electron chi connectivity index (χ3n) is 1.63. The summed E-state index contributed by atoms with van der Waals surface area (Å²) in [6.07, 6.45) is -0.124. The highest BCUT2D eigenvalue weighted by Crippen LogP contribution is 2.00. The maximum absolute atomic E-state index is 11.0. The first-order valence-corrected chi connectivity index (χ1v) is 4.33. The zero-order valence-electron chi connectivity index (χ0n) is 8.10. The zero-order valence-corrected chi connectivity index (χ0v) is 8.10.